The van der Waals surface area contributed by atoms with E-state index >= 15 is 0 Å². The third-order valence-electron chi connectivity index (χ3n) is 3.36. The number of aromatic nitrogens is 2. The van der Waals surface area contributed by atoms with Crippen LogP contribution in [0.4, 0.5) is 0 Å². The second kappa shape index (κ2) is 5.00. The lowest BCUT2D eigenvalue weighted by atomic mass is 10.1. The summed E-state index contributed by atoms with van der Waals surface area (Å²) in [6, 6.07) is 0.309. The molecule has 1 aliphatic rings. The number of ketones is 1. The predicted octanol–water partition coefficient (Wildman–Crippen LogP) is 2.17. The normalized spacial score (nSPS) is 19.8. The van der Waals surface area contributed by atoms with Crippen LogP contribution >= 0.6 is 0 Å². The first-order valence-electron chi connectivity index (χ1n) is 6.37. The first-order valence-corrected chi connectivity index (χ1v) is 6.37. The Bertz CT molecular complexity index is 417. The zero-order chi connectivity index (χ0) is 12.4. The SMILES string of the molecule is CCc1nn(C2CCOC2)c(CC)c1C(C)=O. The van der Waals surface area contributed by atoms with Crippen LogP contribution < -0.4 is 0 Å². The molecule has 1 saturated heterocycles. The Balaban J connectivity index is 2.47. The Morgan fingerprint density at radius 2 is 2.24 bits per heavy atom. The van der Waals surface area contributed by atoms with E-state index in [4.69, 9.17) is 4.74 Å². The van der Waals surface area contributed by atoms with Gasteiger partial charge >= 0.3 is 0 Å². The van der Waals surface area contributed by atoms with Crippen molar-refractivity contribution in [3.05, 3.63) is 17.0 Å². The molecule has 17 heavy (non-hydrogen) atoms. The first-order chi connectivity index (χ1) is 8.19. The molecule has 1 aromatic rings. The van der Waals surface area contributed by atoms with Crippen molar-refractivity contribution in [3.63, 3.8) is 0 Å². The summed E-state index contributed by atoms with van der Waals surface area (Å²) in [6.07, 6.45) is 2.65. The summed E-state index contributed by atoms with van der Waals surface area (Å²) in [4.78, 5) is 11.7. The van der Waals surface area contributed by atoms with Crippen LogP contribution in [0.3, 0.4) is 0 Å². The highest BCUT2D eigenvalue weighted by Crippen LogP contribution is 2.25. The molecule has 1 fully saturated rings. The van der Waals surface area contributed by atoms with E-state index in [0.29, 0.717) is 6.04 Å². The topological polar surface area (TPSA) is 44.1 Å². The lowest BCUT2D eigenvalue weighted by Crippen LogP contribution is -2.14. The Kier molecular flexibility index (Phi) is 3.62. The zero-order valence-electron chi connectivity index (χ0n) is 10.8. The van der Waals surface area contributed by atoms with E-state index in [2.05, 4.69) is 12.0 Å². The molecular weight excluding hydrogens is 216 g/mol. The summed E-state index contributed by atoms with van der Waals surface area (Å²) in [6.45, 7) is 7.27. The Morgan fingerprint density at radius 3 is 2.71 bits per heavy atom. The van der Waals surface area contributed by atoms with E-state index in [1.807, 2.05) is 11.6 Å². The van der Waals surface area contributed by atoms with Crippen LogP contribution in [0.25, 0.3) is 0 Å². The van der Waals surface area contributed by atoms with Gasteiger partial charge in [-0.1, -0.05) is 13.8 Å². The van der Waals surface area contributed by atoms with Gasteiger partial charge in [0, 0.05) is 12.3 Å². The standard InChI is InChI=1S/C13H20N2O2/c1-4-11-13(9(3)16)12(5-2)15(14-11)10-6-7-17-8-10/h10H,4-8H2,1-3H3. The van der Waals surface area contributed by atoms with Gasteiger partial charge in [0.2, 0.25) is 0 Å². The number of hydrogen-bond acceptors (Lipinski definition) is 3. The first kappa shape index (κ1) is 12.3. The molecule has 0 N–H and O–H groups in total. The number of rotatable bonds is 4. The lowest BCUT2D eigenvalue weighted by molar-refractivity contribution is 0.101. The fourth-order valence-corrected chi connectivity index (χ4v) is 2.53. The van der Waals surface area contributed by atoms with Crippen molar-refractivity contribution in [3.8, 4) is 0 Å². The molecule has 4 heteroatoms. The van der Waals surface area contributed by atoms with Crippen molar-refractivity contribution in [2.75, 3.05) is 13.2 Å². The quantitative estimate of drug-likeness (QED) is 0.752. The second-order valence-corrected chi connectivity index (χ2v) is 4.49. The third-order valence-corrected chi connectivity index (χ3v) is 3.36. The van der Waals surface area contributed by atoms with Gasteiger partial charge in [-0.15, -0.1) is 0 Å². The van der Waals surface area contributed by atoms with Crippen LogP contribution in [-0.4, -0.2) is 28.8 Å². The fraction of sp³-hybridized carbons (Fsp3) is 0.692. The number of carbonyl (C=O) groups excluding carboxylic acids is 1. The van der Waals surface area contributed by atoms with Crippen LogP contribution in [0.1, 0.15) is 55.0 Å². The van der Waals surface area contributed by atoms with Crippen molar-refractivity contribution >= 4 is 5.78 Å². The number of nitrogens with zero attached hydrogens (tertiary/aromatic N) is 2. The monoisotopic (exact) mass is 236 g/mol. The van der Waals surface area contributed by atoms with Gasteiger partial charge in [-0.2, -0.15) is 5.10 Å². The molecule has 1 atom stereocenters. The molecule has 2 heterocycles. The minimum absolute atomic E-state index is 0.129. The smallest absolute Gasteiger partial charge is 0.163 e. The van der Waals surface area contributed by atoms with Gasteiger partial charge in [0.15, 0.2) is 5.78 Å². The number of carbonyl (C=O) groups is 1. The molecule has 0 amide bonds. The number of aryl methyl sites for hydroxylation is 1. The summed E-state index contributed by atoms with van der Waals surface area (Å²) in [5.41, 5.74) is 2.84. The van der Waals surface area contributed by atoms with Crippen molar-refractivity contribution in [1.82, 2.24) is 9.78 Å². The van der Waals surface area contributed by atoms with E-state index in [-0.39, 0.29) is 5.78 Å². The maximum Gasteiger partial charge on any atom is 0.163 e. The largest absolute Gasteiger partial charge is 0.379 e. The Hall–Kier alpha value is -1.16. The number of Topliss-reactive ketones (excluding diaryl/α,β-unsaturated/α-hetero) is 1. The zero-order valence-corrected chi connectivity index (χ0v) is 10.8. The van der Waals surface area contributed by atoms with Gasteiger partial charge in [-0.25, -0.2) is 0 Å². The van der Waals surface area contributed by atoms with Gasteiger partial charge in [-0.3, -0.25) is 9.48 Å². The summed E-state index contributed by atoms with van der Waals surface area (Å²) in [5.74, 6) is 0.129. The van der Waals surface area contributed by atoms with Gasteiger partial charge in [-0.05, 0) is 26.2 Å². The molecule has 4 nitrogen and oxygen atoms in total. The number of hydrogen-bond donors (Lipinski definition) is 0. The molecule has 0 saturated carbocycles. The second-order valence-electron chi connectivity index (χ2n) is 4.49. The maximum atomic E-state index is 11.7. The molecule has 1 unspecified atom stereocenters. The summed E-state index contributed by atoms with van der Waals surface area (Å²) < 4.78 is 7.44. The highest BCUT2D eigenvalue weighted by molar-refractivity contribution is 5.96. The maximum absolute atomic E-state index is 11.7. The van der Waals surface area contributed by atoms with Crippen molar-refractivity contribution in [1.29, 1.82) is 0 Å². The van der Waals surface area contributed by atoms with Gasteiger partial charge in [0.1, 0.15) is 0 Å². The summed E-state index contributed by atoms with van der Waals surface area (Å²) >= 11 is 0. The van der Waals surface area contributed by atoms with Crippen LogP contribution in [0, 0.1) is 0 Å². The van der Waals surface area contributed by atoms with E-state index < -0.39 is 0 Å². The van der Waals surface area contributed by atoms with Gasteiger partial charge in [0.05, 0.1) is 23.9 Å². The van der Waals surface area contributed by atoms with Gasteiger partial charge < -0.3 is 4.74 Å². The van der Waals surface area contributed by atoms with Crippen molar-refractivity contribution < 1.29 is 9.53 Å². The van der Waals surface area contributed by atoms with Crippen LogP contribution in [0.15, 0.2) is 0 Å². The third kappa shape index (κ3) is 2.14. The Morgan fingerprint density at radius 1 is 1.47 bits per heavy atom. The molecule has 2 rings (SSSR count). The highest BCUT2D eigenvalue weighted by atomic mass is 16.5. The average Bonchev–Trinajstić information content (AvgIpc) is 2.94. The molecule has 0 spiro atoms. The van der Waals surface area contributed by atoms with Gasteiger partial charge in [0.25, 0.3) is 0 Å². The van der Waals surface area contributed by atoms with E-state index in [1.54, 1.807) is 6.92 Å². The van der Waals surface area contributed by atoms with Crippen LogP contribution in [-0.2, 0) is 17.6 Å². The molecule has 1 aliphatic heterocycles. The average molecular weight is 236 g/mol. The molecular formula is C13H20N2O2. The lowest BCUT2D eigenvalue weighted by Gasteiger charge is -2.12. The number of ether oxygens (including phenoxy) is 1. The molecule has 0 radical (unpaired) electrons. The van der Waals surface area contributed by atoms with E-state index in [0.717, 1.165) is 49.4 Å². The molecule has 0 aliphatic carbocycles. The predicted molar refractivity (Wildman–Crippen MR) is 65.5 cm³/mol. The minimum Gasteiger partial charge on any atom is -0.379 e. The molecule has 1 aromatic heterocycles. The molecule has 94 valence electrons. The summed E-state index contributed by atoms with van der Waals surface area (Å²) in [7, 11) is 0. The molecule has 0 bridgehead atoms. The van der Waals surface area contributed by atoms with Crippen molar-refractivity contribution in [2.24, 2.45) is 0 Å². The van der Waals surface area contributed by atoms with E-state index in [1.165, 1.54) is 0 Å². The molecule has 0 aromatic carbocycles. The highest BCUT2D eigenvalue weighted by Gasteiger charge is 2.25. The van der Waals surface area contributed by atoms with E-state index in [9.17, 15) is 4.79 Å². The minimum atomic E-state index is 0.129. The summed E-state index contributed by atoms with van der Waals surface area (Å²) in [5, 5.41) is 4.62. The fourth-order valence-electron chi connectivity index (χ4n) is 2.53. The Labute approximate surface area is 102 Å². The van der Waals surface area contributed by atoms with Crippen LogP contribution in [0.2, 0.25) is 0 Å². The van der Waals surface area contributed by atoms with Crippen molar-refractivity contribution in [2.45, 2.75) is 46.1 Å². The van der Waals surface area contributed by atoms with Crippen LogP contribution in [0.5, 0.6) is 0 Å².